The van der Waals surface area contributed by atoms with Gasteiger partial charge in [-0.15, -0.1) is 0 Å². The Morgan fingerprint density at radius 3 is 2.33 bits per heavy atom. The summed E-state index contributed by atoms with van der Waals surface area (Å²) < 4.78 is 31.6. The van der Waals surface area contributed by atoms with E-state index < -0.39 is 24.0 Å². The van der Waals surface area contributed by atoms with Crippen molar-refractivity contribution in [3.63, 3.8) is 0 Å². The molecule has 2 aromatic heterocycles. The number of aromatic nitrogens is 2. The molecule has 0 saturated heterocycles. The van der Waals surface area contributed by atoms with Gasteiger partial charge < -0.3 is 34.1 Å². The van der Waals surface area contributed by atoms with Gasteiger partial charge in [-0.05, 0) is 54.8 Å². The van der Waals surface area contributed by atoms with E-state index in [9.17, 15) is 24.2 Å². The van der Waals surface area contributed by atoms with Crippen molar-refractivity contribution in [3.05, 3.63) is 119 Å². The first kappa shape index (κ1) is 36.9. The number of benzene rings is 3. The molecule has 11 heteroatoms. The molecule has 266 valence electrons. The van der Waals surface area contributed by atoms with E-state index >= 15 is 0 Å². The molecule has 2 atom stereocenters. The average Bonchev–Trinajstić information content (AvgIpc) is 3.74. The number of nitrogens with one attached hydrogen (secondary N) is 1. The zero-order chi connectivity index (χ0) is 36.5. The van der Waals surface area contributed by atoms with Gasteiger partial charge in [0.1, 0.15) is 17.2 Å². The molecule has 5 aromatic rings. The lowest BCUT2D eigenvalue weighted by molar-refractivity contribution is -0.143. The smallest absolute Gasteiger partial charge is 0.308 e. The molecular formula is C40H42FN3O7. The van der Waals surface area contributed by atoms with Crippen LogP contribution in [-0.2, 0) is 27.4 Å². The number of carbonyl (C=O) groups is 2. The average molecular weight is 696 g/mol. The minimum Gasteiger partial charge on any atom is -0.469 e. The third-order valence-electron chi connectivity index (χ3n) is 8.30. The highest BCUT2D eigenvalue weighted by molar-refractivity contribution is 6.06. The molecule has 3 N–H and O–H groups in total. The molecule has 2 heterocycles. The number of esters is 1. The van der Waals surface area contributed by atoms with Crippen LogP contribution in [0.15, 0.2) is 95.5 Å². The van der Waals surface area contributed by atoms with Crippen molar-refractivity contribution >= 4 is 18.0 Å². The summed E-state index contributed by atoms with van der Waals surface area (Å²) in [6.45, 7) is 4.41. The number of ether oxygens (including phenoxy) is 2. The lowest BCUT2D eigenvalue weighted by Crippen LogP contribution is -2.27. The number of halogens is 1. The van der Waals surface area contributed by atoms with Gasteiger partial charge in [-0.25, -0.2) is 4.39 Å². The molecule has 0 bridgehead atoms. The van der Waals surface area contributed by atoms with Gasteiger partial charge in [0.15, 0.2) is 5.76 Å². The van der Waals surface area contributed by atoms with Crippen LogP contribution in [0.25, 0.3) is 39.7 Å². The minimum atomic E-state index is -1.13. The normalized spacial score (nSPS) is 12.7. The van der Waals surface area contributed by atoms with Crippen molar-refractivity contribution in [2.75, 3.05) is 14.2 Å². The van der Waals surface area contributed by atoms with Gasteiger partial charge in [-0.1, -0.05) is 71.9 Å². The van der Waals surface area contributed by atoms with Crippen molar-refractivity contribution in [2.24, 2.45) is 0 Å². The van der Waals surface area contributed by atoms with Crippen LogP contribution in [0.4, 0.5) is 4.39 Å². The number of amides is 1. The van der Waals surface area contributed by atoms with E-state index in [-0.39, 0.29) is 31.3 Å². The molecule has 10 nitrogen and oxygen atoms in total. The summed E-state index contributed by atoms with van der Waals surface area (Å²) in [4.78, 5) is 26.0. The molecule has 1 amide bonds. The highest BCUT2D eigenvalue weighted by atomic mass is 19.1. The first-order chi connectivity index (χ1) is 24.6. The molecule has 0 aliphatic carbocycles. The van der Waals surface area contributed by atoms with E-state index in [0.29, 0.717) is 46.1 Å². The van der Waals surface area contributed by atoms with Crippen LogP contribution >= 0.6 is 0 Å². The zero-order valence-corrected chi connectivity index (χ0v) is 29.0. The molecule has 0 aliphatic heterocycles. The van der Waals surface area contributed by atoms with E-state index in [1.54, 1.807) is 31.4 Å². The van der Waals surface area contributed by atoms with Crippen molar-refractivity contribution in [1.82, 2.24) is 15.0 Å². The van der Waals surface area contributed by atoms with Crippen LogP contribution in [0.2, 0.25) is 0 Å². The van der Waals surface area contributed by atoms with E-state index in [1.807, 2.05) is 73.0 Å². The lowest BCUT2D eigenvalue weighted by Gasteiger charge is -2.17. The SMILES string of the molecule is COCc1cccc(-c2cc(CNC(=O)c3c(-c4ccccc4)c(-c4ccc(F)cc4)c(C=C[C@@H](O)C[C@@H](O)CC(=O)OC)n3C(C)C)no2)c1. The molecule has 0 spiro atoms. The van der Waals surface area contributed by atoms with Crippen molar-refractivity contribution in [1.29, 1.82) is 0 Å². The van der Waals surface area contributed by atoms with Crippen molar-refractivity contribution in [2.45, 2.75) is 58.1 Å². The van der Waals surface area contributed by atoms with Crippen LogP contribution in [0.1, 0.15) is 60.2 Å². The Labute approximate surface area is 296 Å². The highest BCUT2D eigenvalue weighted by Crippen LogP contribution is 2.42. The summed E-state index contributed by atoms with van der Waals surface area (Å²) in [5.41, 5.74) is 5.94. The maximum Gasteiger partial charge on any atom is 0.308 e. The van der Waals surface area contributed by atoms with Gasteiger partial charge in [0.25, 0.3) is 5.91 Å². The molecule has 3 aromatic carbocycles. The summed E-state index contributed by atoms with van der Waals surface area (Å²) >= 11 is 0. The molecule has 0 unspecified atom stereocenters. The molecular weight excluding hydrogens is 653 g/mol. The number of methoxy groups -OCH3 is 2. The fourth-order valence-corrected chi connectivity index (χ4v) is 6.01. The van der Waals surface area contributed by atoms with Crippen LogP contribution in [0, 0.1) is 5.82 Å². The van der Waals surface area contributed by atoms with Crippen LogP contribution in [0.5, 0.6) is 0 Å². The fraction of sp³-hybridized carbons (Fsp3) is 0.275. The summed E-state index contributed by atoms with van der Waals surface area (Å²) in [5.74, 6) is -0.835. The highest BCUT2D eigenvalue weighted by Gasteiger charge is 2.29. The summed E-state index contributed by atoms with van der Waals surface area (Å²) in [6.07, 6.45) is 0.568. The van der Waals surface area contributed by atoms with Gasteiger partial charge in [0.05, 0.1) is 38.9 Å². The quantitative estimate of drug-likeness (QED) is 0.100. The topological polar surface area (TPSA) is 136 Å². The number of hydrogen-bond donors (Lipinski definition) is 3. The second kappa shape index (κ2) is 17.0. The predicted molar refractivity (Wildman–Crippen MR) is 192 cm³/mol. The Hall–Kier alpha value is -5.36. The summed E-state index contributed by atoms with van der Waals surface area (Å²) in [7, 11) is 2.86. The van der Waals surface area contributed by atoms with E-state index in [4.69, 9.17) is 9.26 Å². The Bertz CT molecular complexity index is 1970. The van der Waals surface area contributed by atoms with E-state index in [0.717, 1.165) is 16.7 Å². The summed E-state index contributed by atoms with van der Waals surface area (Å²) in [6, 6.07) is 24.7. The fourth-order valence-electron chi connectivity index (χ4n) is 6.01. The zero-order valence-electron chi connectivity index (χ0n) is 29.0. The number of carbonyl (C=O) groups excluding carboxylic acids is 2. The monoisotopic (exact) mass is 695 g/mol. The lowest BCUT2D eigenvalue weighted by atomic mass is 9.94. The summed E-state index contributed by atoms with van der Waals surface area (Å²) in [5, 5.41) is 28.4. The van der Waals surface area contributed by atoms with Crippen LogP contribution in [-0.4, -0.2) is 58.2 Å². The first-order valence-corrected chi connectivity index (χ1v) is 16.6. The second-order valence-electron chi connectivity index (χ2n) is 12.4. The Balaban J connectivity index is 1.56. The maximum atomic E-state index is 14.4. The minimum absolute atomic E-state index is 0.0749. The Morgan fingerprint density at radius 2 is 1.65 bits per heavy atom. The molecule has 0 radical (unpaired) electrons. The van der Waals surface area contributed by atoms with Crippen LogP contribution < -0.4 is 5.32 Å². The molecule has 0 saturated carbocycles. The van der Waals surface area contributed by atoms with Crippen molar-refractivity contribution in [3.8, 4) is 33.6 Å². The predicted octanol–water partition coefficient (Wildman–Crippen LogP) is 6.96. The number of hydrogen-bond acceptors (Lipinski definition) is 8. The second-order valence-corrected chi connectivity index (χ2v) is 12.4. The van der Waals surface area contributed by atoms with Crippen LogP contribution in [0.3, 0.4) is 0 Å². The standard InChI is InChI=1S/C40H42FN3O7/c1-25(2)44-34(18-17-32(45)21-33(46)22-36(47)50-4)37(28-13-15-30(41)16-14-28)38(27-10-6-5-7-11-27)39(44)40(48)42-23-31-20-35(51-43-31)29-12-8-9-26(19-29)24-49-3/h5-20,25,32-33,45-46H,21-24H2,1-4H3,(H,42,48)/t32-,33-/m1/s1. The van der Waals surface area contributed by atoms with E-state index in [1.165, 1.54) is 25.3 Å². The van der Waals surface area contributed by atoms with Gasteiger partial charge >= 0.3 is 5.97 Å². The third kappa shape index (κ3) is 9.06. The Kier molecular flexibility index (Phi) is 12.3. The largest absolute Gasteiger partial charge is 0.469 e. The van der Waals surface area contributed by atoms with Gasteiger partial charge in [0, 0.05) is 48.0 Å². The molecule has 0 aliphatic rings. The third-order valence-corrected chi connectivity index (χ3v) is 8.30. The van der Waals surface area contributed by atoms with Gasteiger partial charge in [0.2, 0.25) is 0 Å². The number of aliphatic hydroxyl groups excluding tert-OH is 2. The molecule has 51 heavy (non-hydrogen) atoms. The maximum absolute atomic E-state index is 14.4. The number of aliphatic hydroxyl groups is 2. The molecule has 0 fully saturated rings. The first-order valence-electron chi connectivity index (χ1n) is 16.6. The number of rotatable bonds is 15. The van der Waals surface area contributed by atoms with Gasteiger partial charge in [-0.3, -0.25) is 9.59 Å². The Morgan fingerprint density at radius 1 is 0.941 bits per heavy atom. The molecule has 5 rings (SSSR count). The van der Waals surface area contributed by atoms with Crippen molar-refractivity contribution < 1.29 is 38.2 Å². The van der Waals surface area contributed by atoms with Gasteiger partial charge in [-0.2, -0.15) is 0 Å². The van der Waals surface area contributed by atoms with E-state index in [2.05, 4.69) is 15.2 Å². The number of nitrogens with zero attached hydrogens (tertiary/aromatic N) is 2.